The van der Waals surface area contributed by atoms with E-state index >= 15 is 0 Å². The fourth-order valence-electron chi connectivity index (χ4n) is 4.08. The molecule has 0 spiro atoms. The average Bonchev–Trinajstić information content (AvgIpc) is 3.11. The first kappa shape index (κ1) is 21.1. The van der Waals surface area contributed by atoms with Crippen LogP contribution in [-0.4, -0.2) is 42.1 Å². The Bertz CT molecular complexity index is 971. The zero-order valence-corrected chi connectivity index (χ0v) is 18.3. The van der Waals surface area contributed by atoms with Gasteiger partial charge in [0.1, 0.15) is 5.76 Å². The van der Waals surface area contributed by atoms with Crippen molar-refractivity contribution in [3.63, 3.8) is 0 Å². The van der Waals surface area contributed by atoms with E-state index in [-0.39, 0.29) is 5.91 Å². The minimum absolute atomic E-state index is 0.00211. The third-order valence-electron chi connectivity index (χ3n) is 5.92. The molecule has 0 atom stereocenters. The highest BCUT2D eigenvalue weighted by Crippen LogP contribution is 2.21. The first-order valence-electron chi connectivity index (χ1n) is 10.9. The molecule has 1 saturated heterocycles. The fourth-order valence-corrected chi connectivity index (χ4v) is 4.08. The molecule has 2 heterocycles. The van der Waals surface area contributed by atoms with Gasteiger partial charge in [0.2, 0.25) is 5.91 Å². The molecular weight excluding hydrogens is 388 g/mol. The predicted octanol–water partition coefficient (Wildman–Crippen LogP) is 4.18. The second kappa shape index (κ2) is 9.79. The van der Waals surface area contributed by atoms with Crippen molar-refractivity contribution in [3.05, 3.63) is 77.2 Å². The van der Waals surface area contributed by atoms with Crippen molar-refractivity contribution in [2.75, 3.05) is 36.4 Å². The molecule has 0 aliphatic carbocycles. The smallest absolute Gasteiger partial charge is 0.224 e. The molecule has 0 unspecified atom stereocenters. The quantitative estimate of drug-likeness (QED) is 0.624. The van der Waals surface area contributed by atoms with E-state index in [1.165, 1.54) is 11.3 Å². The van der Waals surface area contributed by atoms with Crippen LogP contribution in [0.5, 0.6) is 0 Å². The third kappa shape index (κ3) is 5.52. The van der Waals surface area contributed by atoms with Crippen LogP contribution < -0.4 is 10.2 Å². The van der Waals surface area contributed by atoms with Crippen LogP contribution in [0, 0.1) is 13.8 Å². The predicted molar refractivity (Wildman–Crippen MR) is 123 cm³/mol. The van der Waals surface area contributed by atoms with Crippen molar-refractivity contribution < 1.29 is 9.32 Å². The molecular formula is C25H30N4O2. The van der Waals surface area contributed by atoms with E-state index in [0.29, 0.717) is 12.8 Å². The highest BCUT2D eigenvalue weighted by molar-refractivity contribution is 5.91. The van der Waals surface area contributed by atoms with Gasteiger partial charge < -0.3 is 14.7 Å². The maximum atomic E-state index is 12.3. The summed E-state index contributed by atoms with van der Waals surface area (Å²) in [4.78, 5) is 17.2. The summed E-state index contributed by atoms with van der Waals surface area (Å²) in [5.41, 5.74) is 5.28. The van der Waals surface area contributed by atoms with Crippen LogP contribution in [0.1, 0.15) is 29.0 Å². The zero-order valence-electron chi connectivity index (χ0n) is 18.3. The Hall–Kier alpha value is -3.12. The first-order valence-corrected chi connectivity index (χ1v) is 10.9. The molecule has 1 N–H and O–H groups in total. The Morgan fingerprint density at radius 1 is 1.00 bits per heavy atom. The van der Waals surface area contributed by atoms with Gasteiger partial charge in [-0.1, -0.05) is 35.5 Å². The van der Waals surface area contributed by atoms with Crippen LogP contribution in [0.2, 0.25) is 0 Å². The molecule has 0 radical (unpaired) electrons. The molecule has 1 aliphatic rings. The van der Waals surface area contributed by atoms with Gasteiger partial charge in [-0.15, -0.1) is 0 Å². The van der Waals surface area contributed by atoms with Crippen LogP contribution >= 0.6 is 0 Å². The number of aromatic nitrogens is 1. The summed E-state index contributed by atoms with van der Waals surface area (Å²) in [6.07, 6.45) is 1.05. The standard InChI is InChI=1S/C25H30N4O2/c1-19-24(20(2)31-27-19)12-13-25(30)26-22-8-10-23(11-9-22)29-16-14-28(15-17-29)18-21-6-4-3-5-7-21/h3-11H,12-18H2,1-2H3,(H,26,30). The largest absolute Gasteiger partial charge is 0.369 e. The van der Waals surface area contributed by atoms with Crippen molar-refractivity contribution in [2.45, 2.75) is 33.2 Å². The number of carbonyl (C=O) groups is 1. The number of rotatable bonds is 7. The highest BCUT2D eigenvalue weighted by atomic mass is 16.5. The number of carbonyl (C=O) groups excluding carboxylic acids is 1. The first-order chi connectivity index (χ1) is 15.1. The molecule has 31 heavy (non-hydrogen) atoms. The molecule has 6 nitrogen and oxygen atoms in total. The number of aryl methyl sites for hydroxylation is 2. The molecule has 2 aromatic carbocycles. The number of hydrogen-bond donors (Lipinski definition) is 1. The summed E-state index contributed by atoms with van der Waals surface area (Å²) in [6.45, 7) is 8.92. The van der Waals surface area contributed by atoms with Crippen LogP contribution in [0.3, 0.4) is 0 Å². The molecule has 3 aromatic rings. The van der Waals surface area contributed by atoms with Crippen molar-refractivity contribution in [3.8, 4) is 0 Å². The minimum atomic E-state index is 0.00211. The van der Waals surface area contributed by atoms with Crippen LogP contribution in [0.15, 0.2) is 59.1 Å². The van der Waals surface area contributed by atoms with Crippen LogP contribution in [0.4, 0.5) is 11.4 Å². The van der Waals surface area contributed by atoms with E-state index in [9.17, 15) is 4.79 Å². The normalized spacial score (nSPS) is 14.6. The van der Waals surface area contributed by atoms with E-state index in [1.807, 2.05) is 26.0 Å². The number of anilines is 2. The Labute approximate surface area is 183 Å². The van der Waals surface area contributed by atoms with Crippen LogP contribution in [-0.2, 0) is 17.8 Å². The lowest BCUT2D eigenvalue weighted by Gasteiger charge is -2.36. The zero-order chi connectivity index (χ0) is 21.6. The number of nitrogens with one attached hydrogen (secondary N) is 1. The lowest BCUT2D eigenvalue weighted by molar-refractivity contribution is -0.116. The Morgan fingerprint density at radius 3 is 2.35 bits per heavy atom. The molecule has 4 rings (SSSR count). The lowest BCUT2D eigenvalue weighted by atomic mass is 10.1. The topological polar surface area (TPSA) is 61.6 Å². The summed E-state index contributed by atoms with van der Waals surface area (Å²) in [5, 5.41) is 6.93. The summed E-state index contributed by atoms with van der Waals surface area (Å²) >= 11 is 0. The van der Waals surface area contributed by atoms with Crippen molar-refractivity contribution in [2.24, 2.45) is 0 Å². The van der Waals surface area contributed by atoms with Gasteiger partial charge >= 0.3 is 0 Å². The van der Waals surface area contributed by atoms with Crippen molar-refractivity contribution in [1.29, 1.82) is 0 Å². The molecule has 0 saturated carbocycles. The van der Waals surface area contributed by atoms with Gasteiger partial charge in [-0.25, -0.2) is 0 Å². The number of benzene rings is 2. The van der Waals surface area contributed by atoms with E-state index in [4.69, 9.17) is 4.52 Å². The summed E-state index contributed by atoms with van der Waals surface area (Å²) in [5.74, 6) is 0.792. The van der Waals surface area contributed by atoms with E-state index < -0.39 is 0 Å². The molecule has 0 bridgehead atoms. The summed E-state index contributed by atoms with van der Waals surface area (Å²) in [6, 6.07) is 18.8. The van der Waals surface area contributed by atoms with E-state index in [0.717, 1.165) is 55.4 Å². The van der Waals surface area contributed by atoms with Gasteiger partial charge in [-0.2, -0.15) is 0 Å². The molecule has 1 aromatic heterocycles. The maximum Gasteiger partial charge on any atom is 0.224 e. The van der Waals surface area contributed by atoms with Gasteiger partial charge in [0.05, 0.1) is 5.69 Å². The number of hydrogen-bond acceptors (Lipinski definition) is 5. The molecule has 162 valence electrons. The van der Waals surface area contributed by atoms with Gasteiger partial charge in [-0.05, 0) is 50.1 Å². The fraction of sp³-hybridized carbons (Fsp3) is 0.360. The summed E-state index contributed by atoms with van der Waals surface area (Å²) in [7, 11) is 0. The number of nitrogens with zero attached hydrogens (tertiary/aromatic N) is 3. The van der Waals surface area contributed by atoms with Crippen molar-refractivity contribution >= 4 is 17.3 Å². The SMILES string of the molecule is Cc1noc(C)c1CCC(=O)Nc1ccc(N2CCN(Cc3ccccc3)CC2)cc1. The van der Waals surface area contributed by atoms with Crippen LogP contribution in [0.25, 0.3) is 0 Å². The van der Waals surface area contributed by atoms with Gasteiger partial charge in [0.25, 0.3) is 0 Å². The second-order valence-electron chi connectivity index (χ2n) is 8.15. The monoisotopic (exact) mass is 418 g/mol. The number of amides is 1. The lowest BCUT2D eigenvalue weighted by Crippen LogP contribution is -2.45. The van der Waals surface area contributed by atoms with Gasteiger partial charge in [0.15, 0.2) is 0 Å². The Kier molecular flexibility index (Phi) is 6.67. The van der Waals surface area contributed by atoms with Crippen molar-refractivity contribution in [1.82, 2.24) is 10.1 Å². The summed E-state index contributed by atoms with van der Waals surface area (Å²) < 4.78 is 5.16. The van der Waals surface area contributed by atoms with E-state index in [1.54, 1.807) is 0 Å². The Balaban J connectivity index is 1.24. The Morgan fingerprint density at radius 2 is 1.71 bits per heavy atom. The second-order valence-corrected chi connectivity index (χ2v) is 8.15. The minimum Gasteiger partial charge on any atom is -0.369 e. The molecule has 1 aliphatic heterocycles. The maximum absolute atomic E-state index is 12.3. The molecule has 1 fully saturated rings. The highest BCUT2D eigenvalue weighted by Gasteiger charge is 2.17. The third-order valence-corrected chi connectivity index (χ3v) is 5.92. The average molecular weight is 419 g/mol. The number of piperazine rings is 1. The molecule has 1 amide bonds. The van der Waals surface area contributed by atoms with Gasteiger partial charge in [-0.3, -0.25) is 9.69 Å². The molecule has 6 heteroatoms. The van der Waals surface area contributed by atoms with E-state index in [2.05, 4.69) is 62.7 Å². The van der Waals surface area contributed by atoms with Gasteiger partial charge in [0, 0.05) is 56.1 Å².